The first-order valence-corrected chi connectivity index (χ1v) is 13.2. The summed E-state index contributed by atoms with van der Waals surface area (Å²) in [4.78, 5) is 12.0. The van der Waals surface area contributed by atoms with Gasteiger partial charge in [-0.2, -0.15) is 0 Å². The SMILES string of the molecule is C.C1=C(c2ccncc2)CCOC1.C1=C(c2ccncc2)CCOC1.c1cc(C23CCOCC2C3)ccn1. The molecule has 3 aromatic rings. The lowest BCUT2D eigenvalue weighted by Gasteiger charge is -2.22. The summed E-state index contributed by atoms with van der Waals surface area (Å²) >= 11 is 0. The quantitative estimate of drug-likeness (QED) is 0.418. The van der Waals surface area contributed by atoms with Crippen LogP contribution in [0.15, 0.2) is 85.7 Å². The number of aromatic nitrogens is 3. The topological polar surface area (TPSA) is 66.4 Å². The van der Waals surface area contributed by atoms with E-state index in [0.29, 0.717) is 5.41 Å². The van der Waals surface area contributed by atoms with Crippen molar-refractivity contribution in [2.45, 2.75) is 38.5 Å². The molecule has 3 aromatic heterocycles. The van der Waals surface area contributed by atoms with E-state index in [1.807, 2.05) is 61.4 Å². The van der Waals surface area contributed by atoms with E-state index >= 15 is 0 Å². The molecule has 38 heavy (non-hydrogen) atoms. The van der Waals surface area contributed by atoms with Crippen LogP contribution in [0.5, 0.6) is 0 Å². The van der Waals surface area contributed by atoms with E-state index in [4.69, 9.17) is 14.2 Å². The van der Waals surface area contributed by atoms with Gasteiger partial charge in [-0.15, -0.1) is 0 Å². The van der Waals surface area contributed by atoms with Gasteiger partial charge in [0.25, 0.3) is 0 Å². The summed E-state index contributed by atoms with van der Waals surface area (Å²) in [6.45, 7) is 5.07. The molecule has 6 nitrogen and oxygen atoms in total. The molecular weight excluding hydrogens is 474 g/mol. The summed E-state index contributed by atoms with van der Waals surface area (Å²) in [5.41, 5.74) is 7.24. The van der Waals surface area contributed by atoms with Crippen LogP contribution >= 0.6 is 0 Å². The molecule has 1 saturated heterocycles. The molecule has 2 atom stereocenters. The molecule has 0 aromatic carbocycles. The first kappa shape index (κ1) is 27.8. The smallest absolute Gasteiger partial charge is 0.0653 e. The minimum Gasteiger partial charge on any atom is -0.381 e. The summed E-state index contributed by atoms with van der Waals surface area (Å²) in [6.07, 6.45) is 19.9. The number of rotatable bonds is 3. The van der Waals surface area contributed by atoms with Crippen LogP contribution in [0.1, 0.15) is 49.8 Å². The van der Waals surface area contributed by atoms with Gasteiger partial charge >= 0.3 is 0 Å². The average Bonchev–Trinajstić information content (AvgIpc) is 3.77. The van der Waals surface area contributed by atoms with Crippen molar-refractivity contribution in [1.29, 1.82) is 0 Å². The highest BCUT2D eigenvalue weighted by atomic mass is 16.5. The lowest BCUT2D eigenvalue weighted by Crippen LogP contribution is -2.21. The molecule has 7 rings (SSSR count). The maximum absolute atomic E-state index is 5.45. The Kier molecular flexibility index (Phi) is 10.3. The van der Waals surface area contributed by atoms with E-state index in [2.05, 4.69) is 39.2 Å². The van der Waals surface area contributed by atoms with Crippen LogP contribution in [0.3, 0.4) is 0 Å². The predicted octanol–water partition coefficient (Wildman–Crippen LogP) is 6.17. The monoisotopic (exact) mass is 513 g/mol. The van der Waals surface area contributed by atoms with Gasteiger partial charge in [0, 0.05) is 49.2 Å². The highest BCUT2D eigenvalue weighted by Crippen LogP contribution is 2.58. The van der Waals surface area contributed by atoms with Crippen molar-refractivity contribution in [1.82, 2.24) is 15.0 Å². The van der Waals surface area contributed by atoms with Gasteiger partial charge in [0.05, 0.1) is 33.0 Å². The highest BCUT2D eigenvalue weighted by Gasteiger charge is 2.56. The first-order valence-electron chi connectivity index (χ1n) is 13.2. The van der Waals surface area contributed by atoms with Crippen LogP contribution < -0.4 is 0 Å². The first-order chi connectivity index (χ1) is 18.4. The Labute approximate surface area is 226 Å². The maximum Gasteiger partial charge on any atom is 0.0653 e. The summed E-state index contributed by atoms with van der Waals surface area (Å²) in [6, 6.07) is 12.5. The number of pyridine rings is 3. The summed E-state index contributed by atoms with van der Waals surface area (Å²) in [5, 5.41) is 0. The Morgan fingerprint density at radius 1 is 0.632 bits per heavy atom. The summed E-state index contributed by atoms with van der Waals surface area (Å²) < 4.78 is 15.9. The van der Waals surface area contributed by atoms with Crippen LogP contribution in [-0.2, 0) is 19.6 Å². The Hall–Kier alpha value is -3.19. The lowest BCUT2D eigenvalue weighted by molar-refractivity contribution is 0.0802. The third-order valence-corrected chi connectivity index (χ3v) is 7.53. The zero-order valence-electron chi connectivity index (χ0n) is 21.3. The molecule has 200 valence electrons. The molecule has 2 fully saturated rings. The van der Waals surface area contributed by atoms with Crippen LogP contribution in [0.25, 0.3) is 11.1 Å². The van der Waals surface area contributed by atoms with Gasteiger partial charge in [0.1, 0.15) is 0 Å². The van der Waals surface area contributed by atoms with E-state index in [1.54, 1.807) is 0 Å². The van der Waals surface area contributed by atoms with Crippen molar-refractivity contribution in [3.63, 3.8) is 0 Å². The molecule has 0 bridgehead atoms. The largest absolute Gasteiger partial charge is 0.381 e. The zero-order valence-corrected chi connectivity index (χ0v) is 21.3. The second-order valence-corrected chi connectivity index (χ2v) is 9.70. The fourth-order valence-corrected chi connectivity index (χ4v) is 5.28. The van der Waals surface area contributed by atoms with Crippen LogP contribution in [0.4, 0.5) is 0 Å². The van der Waals surface area contributed by atoms with Crippen molar-refractivity contribution in [2.75, 3.05) is 39.6 Å². The van der Waals surface area contributed by atoms with E-state index in [0.717, 1.165) is 58.4 Å². The van der Waals surface area contributed by atoms with Crippen molar-refractivity contribution in [3.8, 4) is 0 Å². The van der Waals surface area contributed by atoms with Crippen LogP contribution in [0.2, 0.25) is 0 Å². The van der Waals surface area contributed by atoms with E-state index in [9.17, 15) is 0 Å². The predicted molar refractivity (Wildman–Crippen MR) is 151 cm³/mol. The van der Waals surface area contributed by atoms with Gasteiger partial charge in [0.15, 0.2) is 0 Å². The third kappa shape index (κ3) is 7.22. The Bertz CT molecular complexity index is 1110. The van der Waals surface area contributed by atoms with Gasteiger partial charge in [-0.1, -0.05) is 19.6 Å². The van der Waals surface area contributed by atoms with Crippen molar-refractivity contribution in [3.05, 3.63) is 102 Å². The van der Waals surface area contributed by atoms with Crippen LogP contribution in [0, 0.1) is 5.92 Å². The maximum atomic E-state index is 5.45. The average molecular weight is 514 g/mol. The molecule has 2 unspecified atom stereocenters. The van der Waals surface area contributed by atoms with Gasteiger partial charge in [0.2, 0.25) is 0 Å². The number of nitrogens with zero attached hydrogens (tertiary/aromatic N) is 3. The fourth-order valence-electron chi connectivity index (χ4n) is 5.28. The molecule has 0 N–H and O–H groups in total. The van der Waals surface area contributed by atoms with Gasteiger partial charge in [-0.3, -0.25) is 15.0 Å². The molecule has 3 aliphatic heterocycles. The third-order valence-electron chi connectivity index (χ3n) is 7.53. The molecule has 6 heterocycles. The number of fused-ring (bicyclic) bond motifs is 1. The Balaban J connectivity index is 0.000000131. The van der Waals surface area contributed by atoms with Gasteiger partial charge in [-0.25, -0.2) is 0 Å². The van der Waals surface area contributed by atoms with Crippen molar-refractivity contribution < 1.29 is 14.2 Å². The summed E-state index contributed by atoms with van der Waals surface area (Å²) in [5.74, 6) is 0.781. The molecule has 1 saturated carbocycles. The van der Waals surface area contributed by atoms with Crippen LogP contribution in [-0.4, -0.2) is 54.6 Å². The number of hydrogen-bond donors (Lipinski definition) is 0. The second kappa shape index (κ2) is 14.1. The number of hydrogen-bond acceptors (Lipinski definition) is 6. The Morgan fingerprint density at radius 2 is 1.13 bits per heavy atom. The number of ether oxygens (including phenoxy) is 3. The standard InChI is InChI=1S/C11H13NO.2C10H11NO.CH4/c1-4-12-5-2-9(1)11-3-6-13-8-10(11)7-11;2*1-5-11-6-2-9(1)10-3-7-12-8-4-10;/h1-2,4-5,10H,3,6-8H2;2*1-3,5-6H,4,7-8H2;1H4. The zero-order chi connectivity index (χ0) is 25.2. The van der Waals surface area contributed by atoms with Crippen molar-refractivity contribution >= 4 is 11.1 Å². The molecule has 0 spiro atoms. The highest BCUT2D eigenvalue weighted by molar-refractivity contribution is 5.66. The normalized spacial score (nSPS) is 23.4. The minimum atomic E-state index is 0. The molecule has 0 radical (unpaired) electrons. The Morgan fingerprint density at radius 3 is 1.58 bits per heavy atom. The van der Waals surface area contributed by atoms with Gasteiger partial charge in [-0.05, 0) is 95.8 Å². The summed E-state index contributed by atoms with van der Waals surface area (Å²) in [7, 11) is 0. The molecule has 6 heteroatoms. The van der Waals surface area contributed by atoms with Gasteiger partial charge < -0.3 is 14.2 Å². The fraction of sp³-hybridized carbons (Fsp3) is 0.406. The second-order valence-electron chi connectivity index (χ2n) is 9.70. The lowest BCUT2D eigenvalue weighted by atomic mass is 9.90. The molecule has 0 amide bonds. The minimum absolute atomic E-state index is 0. The van der Waals surface area contributed by atoms with E-state index < -0.39 is 0 Å². The van der Waals surface area contributed by atoms with Crippen molar-refractivity contribution in [2.24, 2.45) is 5.92 Å². The van der Waals surface area contributed by atoms with E-state index in [1.165, 1.54) is 40.7 Å². The van der Waals surface area contributed by atoms with E-state index in [-0.39, 0.29) is 7.43 Å². The molecule has 1 aliphatic carbocycles. The molecule has 4 aliphatic rings. The molecular formula is C32H39N3O3.